The first-order valence-corrected chi connectivity index (χ1v) is 15.6. The molecule has 2 heterocycles. The number of carbonyl (C=O) groups is 1. The zero-order chi connectivity index (χ0) is 30.6. The van der Waals surface area contributed by atoms with E-state index in [9.17, 15) is 4.79 Å². The number of rotatable bonds is 10. The summed E-state index contributed by atoms with van der Waals surface area (Å²) >= 11 is 0. The van der Waals surface area contributed by atoms with Gasteiger partial charge < -0.3 is 25.0 Å². The highest BCUT2D eigenvalue weighted by atomic mass is 16.5. The van der Waals surface area contributed by atoms with Crippen molar-refractivity contribution in [1.29, 1.82) is 0 Å². The van der Waals surface area contributed by atoms with Crippen LogP contribution in [0.4, 0.5) is 0 Å². The SMILES string of the molecule is CCOC(=O)C1=C(c2ccccc2)N(Cc2ccccc2)CC1.COc1ccccc1CN[C@H]1CCN[C@H]1c1ccccc1. The summed E-state index contributed by atoms with van der Waals surface area (Å²) in [7, 11) is 1.72. The topological polar surface area (TPSA) is 62.8 Å². The molecule has 2 aliphatic heterocycles. The van der Waals surface area contributed by atoms with E-state index in [2.05, 4.69) is 82.3 Å². The molecule has 2 atom stereocenters. The fourth-order valence-electron chi connectivity index (χ4n) is 6.02. The van der Waals surface area contributed by atoms with E-state index < -0.39 is 0 Å². The molecule has 0 saturated carbocycles. The van der Waals surface area contributed by atoms with Crippen molar-refractivity contribution in [2.45, 2.75) is 44.9 Å². The van der Waals surface area contributed by atoms with E-state index in [0.717, 1.165) is 61.6 Å². The molecule has 2 aliphatic rings. The molecule has 4 aromatic carbocycles. The number of carbonyl (C=O) groups excluding carboxylic acids is 1. The first kappa shape index (κ1) is 31.0. The van der Waals surface area contributed by atoms with Gasteiger partial charge in [0.05, 0.1) is 25.0 Å². The number of para-hydroxylation sites is 1. The van der Waals surface area contributed by atoms with Crippen LogP contribution in [0.2, 0.25) is 0 Å². The van der Waals surface area contributed by atoms with Gasteiger partial charge >= 0.3 is 5.97 Å². The zero-order valence-electron chi connectivity index (χ0n) is 25.7. The van der Waals surface area contributed by atoms with Gasteiger partial charge in [-0.15, -0.1) is 0 Å². The summed E-state index contributed by atoms with van der Waals surface area (Å²) in [4.78, 5) is 14.6. The molecule has 6 nitrogen and oxygen atoms in total. The second kappa shape index (κ2) is 15.9. The monoisotopic (exact) mass is 589 g/mol. The number of benzene rings is 4. The van der Waals surface area contributed by atoms with E-state index in [4.69, 9.17) is 9.47 Å². The minimum Gasteiger partial charge on any atom is -0.496 e. The van der Waals surface area contributed by atoms with Crippen LogP contribution in [0.15, 0.2) is 121 Å². The van der Waals surface area contributed by atoms with Gasteiger partial charge in [0.1, 0.15) is 5.75 Å². The van der Waals surface area contributed by atoms with Crippen molar-refractivity contribution in [2.24, 2.45) is 0 Å². The second-order valence-corrected chi connectivity index (χ2v) is 11.0. The highest BCUT2D eigenvalue weighted by molar-refractivity contribution is 5.98. The standard InChI is InChI=1S/C20H21NO2.C18H22N2O/c1-2-23-20(22)18-13-14-21(15-16-9-5-3-6-10-16)19(18)17-11-7-4-8-12-17;1-21-17-10-6-5-9-15(17)13-20-16-11-12-19-18(16)14-7-3-2-4-8-14/h3-12H,2,13-15H2,1H3;2-10,16,18-20H,11-13H2,1H3/t;16-,18-/m.0/s1. The van der Waals surface area contributed by atoms with Gasteiger partial charge in [0.15, 0.2) is 0 Å². The van der Waals surface area contributed by atoms with Gasteiger partial charge in [-0.1, -0.05) is 109 Å². The maximum Gasteiger partial charge on any atom is 0.336 e. The third-order valence-electron chi connectivity index (χ3n) is 8.15. The van der Waals surface area contributed by atoms with Crippen LogP contribution in [-0.4, -0.2) is 43.7 Å². The highest BCUT2D eigenvalue weighted by Gasteiger charge is 2.29. The fraction of sp³-hybridized carbons (Fsp3) is 0.289. The quantitative estimate of drug-likeness (QED) is 0.200. The Bertz CT molecular complexity index is 1490. The summed E-state index contributed by atoms with van der Waals surface area (Å²) in [6.07, 6.45) is 1.88. The van der Waals surface area contributed by atoms with Crippen LogP contribution in [-0.2, 0) is 22.6 Å². The predicted octanol–water partition coefficient (Wildman–Crippen LogP) is 6.75. The Labute approximate surface area is 261 Å². The maximum absolute atomic E-state index is 12.3. The summed E-state index contributed by atoms with van der Waals surface area (Å²) < 4.78 is 10.7. The molecule has 2 N–H and O–H groups in total. The highest BCUT2D eigenvalue weighted by Crippen LogP contribution is 2.33. The molecule has 228 valence electrons. The molecule has 0 aromatic heterocycles. The Balaban J connectivity index is 0.000000175. The van der Waals surface area contributed by atoms with Gasteiger partial charge in [0, 0.05) is 37.3 Å². The molecule has 4 aromatic rings. The average Bonchev–Trinajstić information content (AvgIpc) is 3.73. The molecule has 6 rings (SSSR count). The van der Waals surface area contributed by atoms with Gasteiger partial charge in [-0.3, -0.25) is 0 Å². The molecular formula is C38H43N3O3. The molecular weight excluding hydrogens is 546 g/mol. The van der Waals surface area contributed by atoms with E-state index in [1.807, 2.05) is 55.5 Å². The number of ether oxygens (including phenoxy) is 2. The molecule has 0 spiro atoms. The van der Waals surface area contributed by atoms with Gasteiger partial charge in [-0.05, 0) is 49.1 Å². The van der Waals surface area contributed by atoms with Crippen molar-refractivity contribution >= 4 is 11.7 Å². The molecule has 0 bridgehead atoms. The maximum atomic E-state index is 12.3. The van der Waals surface area contributed by atoms with E-state index >= 15 is 0 Å². The normalized spacial score (nSPS) is 17.6. The lowest BCUT2D eigenvalue weighted by Crippen LogP contribution is -2.34. The molecule has 1 saturated heterocycles. The van der Waals surface area contributed by atoms with Crippen LogP contribution in [0, 0.1) is 0 Å². The summed E-state index contributed by atoms with van der Waals surface area (Å²) in [5.41, 5.74) is 6.67. The van der Waals surface area contributed by atoms with Crippen LogP contribution in [0.5, 0.6) is 5.75 Å². The summed E-state index contributed by atoms with van der Waals surface area (Å²) in [5.74, 6) is 0.758. The molecule has 0 unspecified atom stereocenters. The van der Waals surface area contributed by atoms with Gasteiger partial charge in [-0.25, -0.2) is 4.79 Å². The van der Waals surface area contributed by atoms with Crippen molar-refractivity contribution in [3.05, 3.63) is 143 Å². The lowest BCUT2D eigenvalue weighted by molar-refractivity contribution is -0.138. The minimum atomic E-state index is -0.193. The smallest absolute Gasteiger partial charge is 0.336 e. The van der Waals surface area contributed by atoms with Gasteiger partial charge in [0.25, 0.3) is 0 Å². The lowest BCUT2D eigenvalue weighted by Gasteiger charge is -2.23. The molecule has 0 radical (unpaired) electrons. The molecule has 1 fully saturated rings. The van der Waals surface area contributed by atoms with Crippen molar-refractivity contribution in [3.63, 3.8) is 0 Å². The number of hydrogen-bond acceptors (Lipinski definition) is 6. The Kier molecular flexibility index (Phi) is 11.2. The van der Waals surface area contributed by atoms with Crippen molar-refractivity contribution < 1.29 is 14.3 Å². The summed E-state index contributed by atoms with van der Waals surface area (Å²) in [5, 5.41) is 7.27. The fourth-order valence-corrected chi connectivity index (χ4v) is 6.02. The first-order valence-electron chi connectivity index (χ1n) is 15.6. The van der Waals surface area contributed by atoms with E-state index in [1.54, 1.807) is 7.11 Å². The third-order valence-corrected chi connectivity index (χ3v) is 8.15. The molecule has 44 heavy (non-hydrogen) atoms. The van der Waals surface area contributed by atoms with E-state index in [-0.39, 0.29) is 5.97 Å². The van der Waals surface area contributed by atoms with Gasteiger partial charge in [0.2, 0.25) is 0 Å². The molecule has 6 heteroatoms. The first-order chi connectivity index (χ1) is 21.7. The van der Waals surface area contributed by atoms with E-state index in [1.165, 1.54) is 16.7 Å². The molecule has 0 amide bonds. The van der Waals surface area contributed by atoms with Crippen molar-refractivity contribution in [2.75, 3.05) is 26.8 Å². The average molecular weight is 590 g/mol. The predicted molar refractivity (Wildman–Crippen MR) is 177 cm³/mol. The Morgan fingerprint density at radius 3 is 2.25 bits per heavy atom. The number of esters is 1. The summed E-state index contributed by atoms with van der Waals surface area (Å²) in [6.45, 7) is 5.78. The van der Waals surface area contributed by atoms with Crippen LogP contribution in [0.1, 0.15) is 48.1 Å². The Morgan fingerprint density at radius 1 is 0.886 bits per heavy atom. The van der Waals surface area contributed by atoms with Gasteiger partial charge in [-0.2, -0.15) is 0 Å². The Hall–Kier alpha value is -4.39. The molecule has 0 aliphatic carbocycles. The van der Waals surface area contributed by atoms with Crippen molar-refractivity contribution in [1.82, 2.24) is 15.5 Å². The largest absolute Gasteiger partial charge is 0.496 e. The number of nitrogens with one attached hydrogen (secondary N) is 2. The third kappa shape index (κ3) is 7.95. The van der Waals surface area contributed by atoms with E-state index in [0.29, 0.717) is 18.7 Å². The Morgan fingerprint density at radius 2 is 1.55 bits per heavy atom. The van der Waals surface area contributed by atoms with Crippen LogP contribution < -0.4 is 15.4 Å². The lowest BCUT2D eigenvalue weighted by atomic mass is 10.0. The van der Waals surface area contributed by atoms with Crippen LogP contribution in [0.25, 0.3) is 5.70 Å². The number of methoxy groups -OCH3 is 1. The number of hydrogen-bond donors (Lipinski definition) is 2. The van der Waals surface area contributed by atoms with Crippen LogP contribution >= 0.6 is 0 Å². The summed E-state index contributed by atoms with van der Waals surface area (Å²) in [6, 6.07) is 40.1. The van der Waals surface area contributed by atoms with Crippen LogP contribution in [0.3, 0.4) is 0 Å². The zero-order valence-corrected chi connectivity index (χ0v) is 25.7. The minimum absolute atomic E-state index is 0.193. The van der Waals surface area contributed by atoms with Crippen molar-refractivity contribution in [3.8, 4) is 5.75 Å². The second-order valence-electron chi connectivity index (χ2n) is 11.0. The number of nitrogens with zero attached hydrogens (tertiary/aromatic N) is 1.